The predicted molar refractivity (Wildman–Crippen MR) is 92.3 cm³/mol. The molecule has 0 aliphatic rings. The van der Waals surface area contributed by atoms with Crippen LogP contribution in [-0.2, 0) is 4.74 Å². The van der Waals surface area contributed by atoms with Gasteiger partial charge in [0.25, 0.3) is 0 Å². The molecule has 3 heteroatoms. The Hall–Kier alpha value is -0.410. The highest BCUT2D eigenvalue weighted by molar-refractivity contribution is 5.57. The molecule has 0 aliphatic carbocycles. The van der Waals surface area contributed by atoms with E-state index in [1.165, 1.54) is 57.8 Å². The van der Waals surface area contributed by atoms with E-state index in [9.17, 15) is 0 Å². The van der Waals surface area contributed by atoms with E-state index >= 15 is 0 Å². The third-order valence-corrected chi connectivity index (χ3v) is 3.61. The predicted octanol–water partition coefficient (Wildman–Crippen LogP) is 4.62. The number of ether oxygens (including phenoxy) is 1. The zero-order valence-electron chi connectivity index (χ0n) is 14.4. The number of nitrogens with zero attached hydrogens (tertiary/aromatic N) is 1. The van der Waals surface area contributed by atoms with Crippen molar-refractivity contribution >= 4 is 6.21 Å². The molecule has 0 spiro atoms. The topological polar surface area (TPSA) is 41.8 Å². The van der Waals surface area contributed by atoms with Gasteiger partial charge in [-0.25, -0.2) is 0 Å². The standard InChI is InChI=1S/C18H37NO2/c1-18(2)12-9-7-5-3-4-6-8-10-16-21-17-11-13-19-14-15-20/h14,18,20H,3-13,15-17H2,1-2H3. The van der Waals surface area contributed by atoms with Gasteiger partial charge in [0.1, 0.15) is 0 Å². The third kappa shape index (κ3) is 19.6. The summed E-state index contributed by atoms with van der Waals surface area (Å²) in [6.07, 6.45) is 14.8. The van der Waals surface area contributed by atoms with Crippen LogP contribution in [0.4, 0.5) is 0 Å². The summed E-state index contributed by atoms with van der Waals surface area (Å²) in [6, 6.07) is 0. The van der Waals surface area contributed by atoms with Gasteiger partial charge in [0.15, 0.2) is 0 Å². The van der Waals surface area contributed by atoms with Crippen LogP contribution in [0.3, 0.4) is 0 Å². The molecular formula is C18H37NO2. The second-order valence-electron chi connectivity index (χ2n) is 6.25. The Kier molecular flexibility index (Phi) is 17.3. The largest absolute Gasteiger partial charge is 0.391 e. The van der Waals surface area contributed by atoms with Crippen LogP contribution in [0.2, 0.25) is 0 Å². The second kappa shape index (κ2) is 17.6. The highest BCUT2D eigenvalue weighted by atomic mass is 16.5. The summed E-state index contributed by atoms with van der Waals surface area (Å²) in [6.45, 7) is 7.10. The van der Waals surface area contributed by atoms with Crippen molar-refractivity contribution in [1.29, 1.82) is 0 Å². The lowest BCUT2D eigenvalue weighted by Crippen LogP contribution is -1.99. The van der Waals surface area contributed by atoms with Crippen LogP contribution < -0.4 is 0 Å². The van der Waals surface area contributed by atoms with E-state index in [2.05, 4.69) is 18.8 Å². The van der Waals surface area contributed by atoms with Crippen molar-refractivity contribution in [3.63, 3.8) is 0 Å². The van der Waals surface area contributed by atoms with E-state index in [1.54, 1.807) is 6.21 Å². The van der Waals surface area contributed by atoms with Gasteiger partial charge in [-0.2, -0.15) is 0 Å². The maximum atomic E-state index is 8.51. The van der Waals surface area contributed by atoms with E-state index in [0.29, 0.717) is 0 Å². The van der Waals surface area contributed by atoms with Crippen molar-refractivity contribution in [1.82, 2.24) is 0 Å². The minimum atomic E-state index is 0.0403. The monoisotopic (exact) mass is 299 g/mol. The molecular weight excluding hydrogens is 262 g/mol. The first-order chi connectivity index (χ1) is 10.3. The molecule has 0 fully saturated rings. The van der Waals surface area contributed by atoms with Gasteiger partial charge in [0.2, 0.25) is 0 Å². The molecule has 0 aromatic carbocycles. The lowest BCUT2D eigenvalue weighted by molar-refractivity contribution is 0.129. The summed E-state index contributed by atoms with van der Waals surface area (Å²) in [5, 5.41) is 8.51. The summed E-state index contributed by atoms with van der Waals surface area (Å²) < 4.78 is 5.56. The van der Waals surface area contributed by atoms with E-state index < -0.39 is 0 Å². The average molecular weight is 299 g/mol. The lowest BCUT2D eigenvalue weighted by Gasteiger charge is -2.05. The van der Waals surface area contributed by atoms with Crippen molar-refractivity contribution in [2.75, 3.05) is 26.4 Å². The maximum Gasteiger partial charge on any atom is 0.0779 e. The number of aliphatic hydroxyl groups is 1. The van der Waals surface area contributed by atoms with Gasteiger partial charge in [-0.05, 0) is 18.8 Å². The molecule has 21 heavy (non-hydrogen) atoms. The van der Waals surface area contributed by atoms with E-state index in [1.807, 2.05) is 0 Å². The van der Waals surface area contributed by atoms with E-state index in [4.69, 9.17) is 9.84 Å². The molecule has 0 heterocycles. The van der Waals surface area contributed by atoms with Gasteiger partial charge in [0.05, 0.1) is 6.61 Å². The third-order valence-electron chi connectivity index (χ3n) is 3.61. The molecule has 0 radical (unpaired) electrons. The second-order valence-corrected chi connectivity index (χ2v) is 6.25. The fraction of sp³-hybridized carbons (Fsp3) is 0.944. The molecule has 0 unspecified atom stereocenters. The molecule has 3 nitrogen and oxygen atoms in total. The highest BCUT2D eigenvalue weighted by Crippen LogP contribution is 2.12. The minimum Gasteiger partial charge on any atom is -0.391 e. The van der Waals surface area contributed by atoms with Crippen LogP contribution >= 0.6 is 0 Å². The van der Waals surface area contributed by atoms with Crippen LogP contribution in [0.25, 0.3) is 0 Å². The van der Waals surface area contributed by atoms with Gasteiger partial charge < -0.3 is 9.84 Å². The van der Waals surface area contributed by atoms with Crippen LogP contribution in [-0.4, -0.2) is 37.7 Å². The summed E-state index contributed by atoms with van der Waals surface area (Å²) in [5.41, 5.74) is 0. The van der Waals surface area contributed by atoms with Crippen LogP contribution in [0.1, 0.15) is 78.1 Å². The van der Waals surface area contributed by atoms with E-state index in [-0.39, 0.29) is 6.61 Å². The number of hydrogen-bond acceptors (Lipinski definition) is 3. The number of aliphatic imine (C=N–C) groups is 1. The molecule has 0 rings (SSSR count). The molecule has 0 saturated heterocycles. The van der Waals surface area contributed by atoms with Crippen LogP contribution in [0, 0.1) is 5.92 Å². The Morgan fingerprint density at radius 2 is 1.43 bits per heavy atom. The zero-order valence-corrected chi connectivity index (χ0v) is 14.4. The van der Waals surface area contributed by atoms with Crippen molar-refractivity contribution in [2.24, 2.45) is 10.9 Å². The Labute approximate surface area is 132 Å². The van der Waals surface area contributed by atoms with E-state index in [0.717, 1.165) is 32.1 Å². The Bertz CT molecular complexity index is 217. The summed E-state index contributed by atoms with van der Waals surface area (Å²) in [7, 11) is 0. The van der Waals surface area contributed by atoms with Gasteiger partial charge in [0, 0.05) is 26.0 Å². The van der Waals surface area contributed by atoms with Crippen molar-refractivity contribution in [3.8, 4) is 0 Å². The Balaban J connectivity index is 2.98. The fourth-order valence-corrected chi connectivity index (χ4v) is 2.33. The van der Waals surface area contributed by atoms with Crippen molar-refractivity contribution in [3.05, 3.63) is 0 Å². The molecule has 0 bridgehead atoms. The Morgan fingerprint density at radius 3 is 2.05 bits per heavy atom. The molecule has 0 aromatic rings. The zero-order chi connectivity index (χ0) is 15.6. The number of rotatable bonds is 16. The normalized spacial score (nSPS) is 11.8. The summed E-state index contributed by atoms with van der Waals surface area (Å²) >= 11 is 0. The lowest BCUT2D eigenvalue weighted by atomic mass is 10.0. The summed E-state index contributed by atoms with van der Waals surface area (Å²) in [4.78, 5) is 4.03. The quantitative estimate of drug-likeness (QED) is 0.334. The number of hydrogen-bond donors (Lipinski definition) is 1. The van der Waals surface area contributed by atoms with Crippen molar-refractivity contribution < 1.29 is 9.84 Å². The summed E-state index contributed by atoms with van der Waals surface area (Å²) in [5.74, 6) is 0.867. The maximum absolute atomic E-state index is 8.51. The smallest absolute Gasteiger partial charge is 0.0779 e. The molecule has 126 valence electrons. The van der Waals surface area contributed by atoms with Crippen molar-refractivity contribution in [2.45, 2.75) is 78.1 Å². The Morgan fingerprint density at radius 1 is 0.857 bits per heavy atom. The van der Waals surface area contributed by atoms with Crippen LogP contribution in [0.15, 0.2) is 4.99 Å². The van der Waals surface area contributed by atoms with Gasteiger partial charge in [-0.15, -0.1) is 0 Å². The molecule has 0 atom stereocenters. The van der Waals surface area contributed by atoms with Gasteiger partial charge in [-0.1, -0.05) is 65.2 Å². The number of aliphatic hydroxyl groups excluding tert-OH is 1. The van der Waals surface area contributed by atoms with Gasteiger partial charge in [-0.3, -0.25) is 4.99 Å². The average Bonchev–Trinajstić information content (AvgIpc) is 2.46. The highest BCUT2D eigenvalue weighted by Gasteiger charge is 1.95. The van der Waals surface area contributed by atoms with Gasteiger partial charge >= 0.3 is 0 Å². The first-order valence-corrected chi connectivity index (χ1v) is 8.94. The first-order valence-electron chi connectivity index (χ1n) is 8.94. The fourth-order valence-electron chi connectivity index (χ4n) is 2.33. The first kappa shape index (κ1) is 20.6. The molecule has 0 aliphatic heterocycles. The minimum absolute atomic E-state index is 0.0403. The molecule has 0 saturated carbocycles. The number of unbranched alkanes of at least 4 members (excludes halogenated alkanes) is 7. The molecule has 0 aromatic heterocycles. The van der Waals surface area contributed by atoms with Crippen LogP contribution in [0.5, 0.6) is 0 Å². The SMILES string of the molecule is CC(C)CCCCCCCCCCOCCCN=CCO. The molecule has 1 N–H and O–H groups in total. The molecule has 0 amide bonds.